The van der Waals surface area contributed by atoms with E-state index < -0.39 is 5.63 Å². The van der Waals surface area contributed by atoms with E-state index in [1.54, 1.807) is 10.7 Å². The highest BCUT2D eigenvalue weighted by atomic mass is 16.4. The summed E-state index contributed by atoms with van der Waals surface area (Å²) in [4.78, 5) is 26.9. The van der Waals surface area contributed by atoms with Crippen LogP contribution in [0.4, 0.5) is 0 Å². The van der Waals surface area contributed by atoms with E-state index in [4.69, 9.17) is 4.42 Å². The average molecular weight is 353 g/mol. The molecule has 4 rings (SSSR count). The van der Waals surface area contributed by atoms with Gasteiger partial charge in [0.25, 0.3) is 0 Å². The molecule has 1 saturated carbocycles. The van der Waals surface area contributed by atoms with Crippen molar-refractivity contribution < 1.29 is 9.21 Å². The Balaban J connectivity index is 1.72. The van der Waals surface area contributed by atoms with Gasteiger partial charge in [-0.1, -0.05) is 30.9 Å². The SMILES string of the molecule is Cc1ccc2oc(=O)c3cnn(CC(=O)N(C)C4CCCCC4)c3c2c1. The smallest absolute Gasteiger partial charge is 0.347 e. The van der Waals surface area contributed by atoms with Crippen molar-refractivity contribution in [3.63, 3.8) is 0 Å². The molecule has 0 atom stereocenters. The van der Waals surface area contributed by atoms with Crippen LogP contribution in [-0.4, -0.2) is 33.7 Å². The number of benzene rings is 1. The van der Waals surface area contributed by atoms with E-state index in [1.165, 1.54) is 25.5 Å². The highest BCUT2D eigenvalue weighted by Crippen LogP contribution is 2.25. The summed E-state index contributed by atoms with van der Waals surface area (Å²) in [6, 6.07) is 5.97. The van der Waals surface area contributed by atoms with Gasteiger partial charge in [0.2, 0.25) is 5.91 Å². The molecule has 1 aromatic carbocycles. The maximum Gasteiger partial charge on any atom is 0.347 e. The summed E-state index contributed by atoms with van der Waals surface area (Å²) in [6.07, 6.45) is 7.23. The van der Waals surface area contributed by atoms with Crippen molar-refractivity contribution in [2.24, 2.45) is 0 Å². The van der Waals surface area contributed by atoms with Crippen LogP contribution >= 0.6 is 0 Å². The van der Waals surface area contributed by atoms with Crippen LogP contribution in [0, 0.1) is 6.92 Å². The minimum Gasteiger partial charge on any atom is -0.422 e. The zero-order chi connectivity index (χ0) is 18.3. The van der Waals surface area contributed by atoms with Gasteiger partial charge < -0.3 is 9.32 Å². The van der Waals surface area contributed by atoms with Gasteiger partial charge >= 0.3 is 5.63 Å². The number of carbonyl (C=O) groups is 1. The first-order valence-corrected chi connectivity index (χ1v) is 9.19. The molecule has 1 aliphatic carbocycles. The lowest BCUT2D eigenvalue weighted by Crippen LogP contribution is -2.40. The van der Waals surface area contributed by atoms with Crippen molar-refractivity contribution in [1.82, 2.24) is 14.7 Å². The molecule has 1 aliphatic rings. The topological polar surface area (TPSA) is 68.3 Å². The molecule has 0 radical (unpaired) electrons. The zero-order valence-corrected chi connectivity index (χ0v) is 15.2. The molecular formula is C20H23N3O3. The Morgan fingerprint density at radius 2 is 2.04 bits per heavy atom. The van der Waals surface area contributed by atoms with Crippen molar-refractivity contribution in [3.05, 3.63) is 40.4 Å². The minimum absolute atomic E-state index is 0.0240. The number of fused-ring (bicyclic) bond motifs is 3. The fraction of sp³-hybridized carbons (Fsp3) is 0.450. The van der Waals surface area contributed by atoms with Crippen LogP contribution in [0.25, 0.3) is 21.9 Å². The third-order valence-corrected chi connectivity index (χ3v) is 5.45. The van der Waals surface area contributed by atoms with Crippen molar-refractivity contribution >= 4 is 27.8 Å². The third kappa shape index (κ3) is 2.89. The standard InChI is InChI=1S/C20H23N3O3/c1-13-8-9-17-15(10-13)19-16(20(25)26-17)11-21-23(19)12-18(24)22(2)14-6-4-3-5-7-14/h8-11,14H,3-7,12H2,1-2H3. The lowest BCUT2D eigenvalue weighted by molar-refractivity contribution is -0.133. The van der Waals surface area contributed by atoms with Crippen LogP contribution in [0.2, 0.25) is 0 Å². The predicted octanol–water partition coefficient (Wildman–Crippen LogP) is 3.24. The first-order chi connectivity index (χ1) is 12.5. The van der Waals surface area contributed by atoms with E-state index in [0.29, 0.717) is 22.5 Å². The number of aromatic nitrogens is 2. The predicted molar refractivity (Wildman–Crippen MR) is 100 cm³/mol. The summed E-state index contributed by atoms with van der Waals surface area (Å²) >= 11 is 0. The molecule has 1 fully saturated rings. The first-order valence-electron chi connectivity index (χ1n) is 9.19. The van der Waals surface area contributed by atoms with Crippen LogP contribution in [0.15, 0.2) is 33.6 Å². The lowest BCUT2D eigenvalue weighted by atomic mass is 9.94. The van der Waals surface area contributed by atoms with Crippen molar-refractivity contribution in [1.29, 1.82) is 0 Å². The molecular weight excluding hydrogens is 330 g/mol. The molecule has 0 bridgehead atoms. The van der Waals surface area contributed by atoms with Gasteiger partial charge in [-0.25, -0.2) is 4.79 Å². The fourth-order valence-electron chi connectivity index (χ4n) is 3.92. The van der Waals surface area contributed by atoms with Crippen LogP contribution < -0.4 is 5.63 Å². The molecule has 0 N–H and O–H groups in total. The Kier molecular flexibility index (Phi) is 4.26. The number of likely N-dealkylation sites (N-methyl/N-ethyl adjacent to an activating group) is 1. The van der Waals surface area contributed by atoms with E-state index in [9.17, 15) is 9.59 Å². The van der Waals surface area contributed by atoms with Gasteiger partial charge in [-0.2, -0.15) is 5.10 Å². The maximum atomic E-state index is 12.8. The quantitative estimate of drug-likeness (QED) is 0.678. The van der Waals surface area contributed by atoms with E-state index in [0.717, 1.165) is 23.8 Å². The van der Waals surface area contributed by atoms with Gasteiger partial charge in [-0.3, -0.25) is 9.48 Å². The molecule has 0 aliphatic heterocycles. The normalized spacial score (nSPS) is 15.6. The van der Waals surface area contributed by atoms with Crippen molar-refractivity contribution in [2.45, 2.75) is 51.6 Å². The van der Waals surface area contributed by atoms with Gasteiger partial charge in [0, 0.05) is 18.5 Å². The second kappa shape index (κ2) is 6.59. The molecule has 6 heteroatoms. The van der Waals surface area contributed by atoms with Crippen LogP contribution in [0.1, 0.15) is 37.7 Å². The van der Waals surface area contributed by atoms with E-state index >= 15 is 0 Å². The molecule has 2 heterocycles. The third-order valence-electron chi connectivity index (χ3n) is 5.45. The second-order valence-electron chi connectivity index (χ2n) is 7.25. The molecule has 0 unspecified atom stereocenters. The van der Waals surface area contributed by atoms with Crippen molar-refractivity contribution in [3.8, 4) is 0 Å². The van der Waals surface area contributed by atoms with E-state index in [1.807, 2.05) is 31.0 Å². The summed E-state index contributed by atoms with van der Waals surface area (Å²) in [5.74, 6) is 0.0240. The lowest BCUT2D eigenvalue weighted by Gasteiger charge is -2.31. The molecule has 26 heavy (non-hydrogen) atoms. The molecule has 0 spiro atoms. The molecule has 2 aromatic heterocycles. The largest absolute Gasteiger partial charge is 0.422 e. The number of aryl methyl sites for hydroxylation is 1. The van der Waals surface area contributed by atoms with Gasteiger partial charge in [0.05, 0.1) is 11.7 Å². The summed E-state index contributed by atoms with van der Waals surface area (Å²) in [5.41, 5.74) is 1.83. The monoisotopic (exact) mass is 353 g/mol. The number of hydrogen-bond donors (Lipinski definition) is 0. The van der Waals surface area contributed by atoms with E-state index in [-0.39, 0.29) is 12.5 Å². The maximum absolute atomic E-state index is 12.8. The van der Waals surface area contributed by atoms with Gasteiger partial charge in [0.15, 0.2) is 0 Å². The summed E-state index contributed by atoms with van der Waals surface area (Å²) in [5, 5.41) is 5.54. The fourth-order valence-corrected chi connectivity index (χ4v) is 3.92. The van der Waals surface area contributed by atoms with Crippen LogP contribution in [0.3, 0.4) is 0 Å². The number of amides is 1. The molecule has 136 valence electrons. The average Bonchev–Trinajstić information content (AvgIpc) is 3.07. The van der Waals surface area contributed by atoms with Gasteiger partial charge in [0.1, 0.15) is 17.5 Å². The minimum atomic E-state index is -0.421. The molecule has 3 aromatic rings. The van der Waals surface area contributed by atoms with Crippen molar-refractivity contribution in [2.75, 3.05) is 7.05 Å². The molecule has 0 saturated heterocycles. The molecule has 6 nitrogen and oxygen atoms in total. The summed E-state index contributed by atoms with van der Waals surface area (Å²) in [7, 11) is 1.88. The Morgan fingerprint density at radius 3 is 2.81 bits per heavy atom. The second-order valence-corrected chi connectivity index (χ2v) is 7.25. The Bertz CT molecular complexity index is 1030. The highest BCUT2D eigenvalue weighted by molar-refractivity contribution is 6.02. The Morgan fingerprint density at radius 1 is 1.27 bits per heavy atom. The first kappa shape index (κ1) is 16.8. The number of hydrogen-bond acceptors (Lipinski definition) is 4. The van der Waals surface area contributed by atoms with Crippen LogP contribution in [0.5, 0.6) is 0 Å². The number of nitrogens with zero attached hydrogens (tertiary/aromatic N) is 3. The highest BCUT2D eigenvalue weighted by Gasteiger charge is 2.23. The van der Waals surface area contributed by atoms with Gasteiger partial charge in [-0.05, 0) is 31.9 Å². The Labute approximate surface area is 151 Å². The van der Waals surface area contributed by atoms with Gasteiger partial charge in [-0.15, -0.1) is 0 Å². The summed E-state index contributed by atoms with van der Waals surface area (Å²) in [6.45, 7) is 2.11. The van der Waals surface area contributed by atoms with Crippen LogP contribution in [-0.2, 0) is 11.3 Å². The zero-order valence-electron chi connectivity index (χ0n) is 15.2. The number of carbonyl (C=O) groups excluding carboxylic acids is 1. The molecule has 1 amide bonds. The van der Waals surface area contributed by atoms with E-state index in [2.05, 4.69) is 5.10 Å². The Hall–Kier alpha value is -2.63. The number of rotatable bonds is 3. The summed E-state index contributed by atoms with van der Waals surface area (Å²) < 4.78 is 7.02.